The van der Waals surface area contributed by atoms with Gasteiger partial charge in [0.1, 0.15) is 11.4 Å². The van der Waals surface area contributed by atoms with Crippen LogP contribution in [0.1, 0.15) is 37.8 Å². The lowest BCUT2D eigenvalue weighted by Crippen LogP contribution is -2.39. The Kier molecular flexibility index (Phi) is 6.81. The number of halogens is 1. The highest BCUT2D eigenvalue weighted by atomic mass is 35.5. The molecule has 3 rings (SSSR count). The van der Waals surface area contributed by atoms with E-state index in [0.29, 0.717) is 36.2 Å². The summed E-state index contributed by atoms with van der Waals surface area (Å²) in [6.07, 6.45) is 5.36. The lowest BCUT2D eigenvalue weighted by Gasteiger charge is -2.32. The fourth-order valence-corrected chi connectivity index (χ4v) is 3.47. The minimum atomic E-state index is -0.152. The number of rotatable bonds is 6. The van der Waals surface area contributed by atoms with Gasteiger partial charge in [-0.05, 0) is 25.0 Å². The van der Waals surface area contributed by atoms with Crippen LogP contribution in [0.3, 0.4) is 0 Å². The molecule has 0 spiro atoms. The Morgan fingerprint density at radius 1 is 1.32 bits per heavy atom. The molecule has 2 amide bonds. The van der Waals surface area contributed by atoms with Crippen molar-refractivity contribution in [3.8, 4) is 11.6 Å². The number of likely N-dealkylation sites (tertiary alicyclic amines) is 1. The molecule has 28 heavy (non-hydrogen) atoms. The molecule has 1 aromatic heterocycles. The van der Waals surface area contributed by atoms with Gasteiger partial charge in [0.25, 0.3) is 0 Å². The number of ether oxygens (including phenoxy) is 1. The van der Waals surface area contributed by atoms with Crippen molar-refractivity contribution in [2.75, 3.05) is 24.3 Å². The molecule has 0 aliphatic carbocycles. The van der Waals surface area contributed by atoms with Crippen molar-refractivity contribution in [2.24, 2.45) is 0 Å². The molecule has 1 N–H and O–H groups in total. The minimum Gasteiger partial charge on any atom is -0.437 e. The molecule has 2 aromatic rings. The average Bonchev–Trinajstić information content (AvgIpc) is 2.68. The van der Waals surface area contributed by atoms with E-state index in [1.54, 1.807) is 36.7 Å². The number of carbonyl (C=O) groups excluding carboxylic acids is 2. The quantitative estimate of drug-likeness (QED) is 0.747. The monoisotopic (exact) mass is 402 g/mol. The first-order valence-electron chi connectivity index (χ1n) is 9.27. The van der Waals surface area contributed by atoms with E-state index in [9.17, 15) is 9.59 Å². The van der Waals surface area contributed by atoms with Gasteiger partial charge in [0.05, 0.1) is 0 Å². The Morgan fingerprint density at radius 3 is 2.93 bits per heavy atom. The van der Waals surface area contributed by atoms with E-state index in [-0.39, 0.29) is 17.7 Å². The maximum atomic E-state index is 12.2. The SMILES string of the molecule is CC(=O)Nc1cccc(Oc2nccnc2C2CCCN(C(=O)CCCl)C2)c1. The van der Waals surface area contributed by atoms with Crippen LogP contribution in [-0.4, -0.2) is 45.7 Å². The van der Waals surface area contributed by atoms with Gasteiger partial charge in [-0.25, -0.2) is 4.98 Å². The molecule has 8 heteroatoms. The number of piperidine rings is 1. The largest absolute Gasteiger partial charge is 0.437 e. The Hall–Kier alpha value is -2.67. The first-order valence-corrected chi connectivity index (χ1v) is 9.80. The summed E-state index contributed by atoms with van der Waals surface area (Å²) in [6.45, 7) is 2.77. The van der Waals surface area contributed by atoms with Crippen LogP contribution in [0, 0.1) is 0 Å². The number of anilines is 1. The standard InChI is InChI=1S/C20H23ClN4O3/c1-14(26)24-16-5-2-6-17(12-16)28-20-19(22-9-10-23-20)15-4-3-11-25(13-15)18(27)7-8-21/h2,5-6,9-10,12,15H,3-4,7-8,11,13H2,1H3,(H,24,26). The molecule has 1 aliphatic rings. The molecule has 0 saturated carbocycles. The molecule has 1 atom stereocenters. The second kappa shape index (κ2) is 9.50. The van der Waals surface area contributed by atoms with Crippen molar-refractivity contribution in [2.45, 2.75) is 32.1 Å². The van der Waals surface area contributed by atoms with Crippen LogP contribution in [0.2, 0.25) is 0 Å². The molecule has 1 saturated heterocycles. The zero-order valence-electron chi connectivity index (χ0n) is 15.7. The predicted molar refractivity (Wildman–Crippen MR) is 107 cm³/mol. The van der Waals surface area contributed by atoms with Crippen molar-refractivity contribution in [3.63, 3.8) is 0 Å². The zero-order valence-corrected chi connectivity index (χ0v) is 16.5. The number of hydrogen-bond donors (Lipinski definition) is 1. The first kappa shape index (κ1) is 20.1. The third-order valence-electron chi connectivity index (χ3n) is 4.53. The summed E-state index contributed by atoms with van der Waals surface area (Å²) in [5.74, 6) is 1.26. The average molecular weight is 403 g/mol. The van der Waals surface area contributed by atoms with Crippen molar-refractivity contribution >= 4 is 29.1 Å². The van der Waals surface area contributed by atoms with Gasteiger partial charge >= 0.3 is 0 Å². The smallest absolute Gasteiger partial charge is 0.241 e. The number of amides is 2. The topological polar surface area (TPSA) is 84.4 Å². The number of carbonyl (C=O) groups is 2. The summed E-state index contributed by atoms with van der Waals surface area (Å²) >= 11 is 5.71. The van der Waals surface area contributed by atoms with Gasteiger partial charge in [-0.1, -0.05) is 6.07 Å². The van der Waals surface area contributed by atoms with Gasteiger partial charge in [-0.2, -0.15) is 0 Å². The van der Waals surface area contributed by atoms with Gasteiger partial charge in [0.15, 0.2) is 0 Å². The first-order chi connectivity index (χ1) is 13.6. The molecular formula is C20H23ClN4O3. The highest BCUT2D eigenvalue weighted by molar-refractivity contribution is 6.18. The molecule has 148 valence electrons. The minimum absolute atomic E-state index is 0.0512. The lowest BCUT2D eigenvalue weighted by atomic mass is 9.94. The molecule has 2 heterocycles. The van der Waals surface area contributed by atoms with E-state index in [1.807, 2.05) is 4.90 Å². The van der Waals surface area contributed by atoms with E-state index in [0.717, 1.165) is 25.1 Å². The highest BCUT2D eigenvalue weighted by Crippen LogP contribution is 2.33. The Morgan fingerprint density at radius 2 is 2.14 bits per heavy atom. The maximum absolute atomic E-state index is 12.2. The van der Waals surface area contributed by atoms with Gasteiger partial charge in [-0.15, -0.1) is 11.6 Å². The summed E-state index contributed by atoms with van der Waals surface area (Å²) in [7, 11) is 0. The van der Waals surface area contributed by atoms with Crippen LogP contribution in [0.25, 0.3) is 0 Å². The molecule has 1 aromatic carbocycles. The summed E-state index contributed by atoms with van der Waals surface area (Å²) in [6, 6.07) is 7.11. The summed E-state index contributed by atoms with van der Waals surface area (Å²) < 4.78 is 5.98. The fraction of sp³-hybridized carbons (Fsp3) is 0.400. The Balaban J connectivity index is 1.78. The van der Waals surface area contributed by atoms with E-state index in [2.05, 4.69) is 15.3 Å². The zero-order chi connectivity index (χ0) is 19.9. The normalized spacial score (nSPS) is 16.5. The predicted octanol–water partition coefficient (Wildman–Crippen LogP) is 3.56. The van der Waals surface area contributed by atoms with E-state index >= 15 is 0 Å². The molecule has 1 aliphatic heterocycles. The van der Waals surface area contributed by atoms with E-state index < -0.39 is 0 Å². The number of nitrogens with one attached hydrogen (secondary N) is 1. The van der Waals surface area contributed by atoms with Gasteiger partial charge < -0.3 is 15.0 Å². The van der Waals surface area contributed by atoms with Gasteiger partial charge in [-0.3, -0.25) is 14.6 Å². The number of alkyl halides is 1. The summed E-state index contributed by atoms with van der Waals surface area (Å²) in [5, 5.41) is 2.73. The van der Waals surface area contributed by atoms with Crippen LogP contribution in [0.5, 0.6) is 11.6 Å². The summed E-state index contributed by atoms with van der Waals surface area (Å²) in [4.78, 5) is 34.2. The fourth-order valence-electron chi connectivity index (χ4n) is 3.31. The van der Waals surface area contributed by atoms with Crippen LogP contribution in [0.4, 0.5) is 5.69 Å². The second-order valence-electron chi connectivity index (χ2n) is 6.68. The highest BCUT2D eigenvalue weighted by Gasteiger charge is 2.28. The van der Waals surface area contributed by atoms with E-state index in [1.165, 1.54) is 6.92 Å². The molecule has 0 bridgehead atoms. The summed E-state index contributed by atoms with van der Waals surface area (Å²) in [5.41, 5.74) is 1.38. The third-order valence-corrected chi connectivity index (χ3v) is 4.72. The van der Waals surface area contributed by atoms with Crippen LogP contribution in [0.15, 0.2) is 36.7 Å². The van der Waals surface area contributed by atoms with Crippen LogP contribution < -0.4 is 10.1 Å². The third kappa shape index (κ3) is 5.19. The molecule has 7 nitrogen and oxygen atoms in total. The number of aromatic nitrogens is 2. The molecule has 1 fully saturated rings. The molecule has 1 unspecified atom stereocenters. The number of nitrogens with zero attached hydrogens (tertiary/aromatic N) is 3. The lowest BCUT2D eigenvalue weighted by molar-refractivity contribution is -0.132. The van der Waals surface area contributed by atoms with Crippen molar-refractivity contribution in [3.05, 3.63) is 42.4 Å². The Bertz CT molecular complexity index is 846. The maximum Gasteiger partial charge on any atom is 0.241 e. The second-order valence-corrected chi connectivity index (χ2v) is 7.05. The Labute approximate surface area is 169 Å². The van der Waals surface area contributed by atoms with Crippen LogP contribution in [-0.2, 0) is 9.59 Å². The van der Waals surface area contributed by atoms with Crippen molar-refractivity contribution in [1.29, 1.82) is 0 Å². The molecule has 0 radical (unpaired) electrons. The van der Waals surface area contributed by atoms with Gasteiger partial charge in [0.2, 0.25) is 17.7 Å². The van der Waals surface area contributed by atoms with Crippen molar-refractivity contribution < 1.29 is 14.3 Å². The van der Waals surface area contributed by atoms with E-state index in [4.69, 9.17) is 16.3 Å². The molecular weight excluding hydrogens is 380 g/mol. The van der Waals surface area contributed by atoms with Gasteiger partial charge in [0, 0.05) is 62.4 Å². The number of hydrogen-bond acceptors (Lipinski definition) is 5. The number of benzene rings is 1. The van der Waals surface area contributed by atoms with Crippen molar-refractivity contribution in [1.82, 2.24) is 14.9 Å². The van der Waals surface area contributed by atoms with Crippen LogP contribution >= 0.6 is 11.6 Å².